The van der Waals surface area contributed by atoms with E-state index in [2.05, 4.69) is 64.4 Å². The molecule has 0 aromatic heterocycles. The molecular formula is C8H16Br2CuN2. The normalized spacial score (nSPS) is 14.8. The SMILES string of the molecule is CCCCN1C=CN(C)C1.[Br][Cu][Br]. The molecule has 1 heterocycles. The van der Waals surface area contributed by atoms with Crippen LogP contribution in [0.3, 0.4) is 0 Å². The van der Waals surface area contributed by atoms with Crippen molar-refractivity contribution in [2.75, 3.05) is 20.3 Å². The van der Waals surface area contributed by atoms with E-state index in [1.807, 2.05) is 0 Å². The van der Waals surface area contributed by atoms with Gasteiger partial charge in [0.2, 0.25) is 0 Å². The summed E-state index contributed by atoms with van der Waals surface area (Å²) in [7, 11) is 2.10. The maximum absolute atomic E-state index is 2.97. The summed E-state index contributed by atoms with van der Waals surface area (Å²) in [6, 6.07) is 0. The molecule has 1 rings (SSSR count). The van der Waals surface area contributed by atoms with E-state index in [1.54, 1.807) is 0 Å². The first kappa shape index (κ1) is 13.8. The Morgan fingerprint density at radius 1 is 1.38 bits per heavy atom. The third-order valence-electron chi connectivity index (χ3n) is 1.74. The molecule has 0 saturated heterocycles. The van der Waals surface area contributed by atoms with Crippen molar-refractivity contribution in [2.24, 2.45) is 0 Å². The Morgan fingerprint density at radius 3 is 2.38 bits per heavy atom. The summed E-state index contributed by atoms with van der Waals surface area (Å²) in [4.78, 5) is 4.53. The minimum atomic E-state index is 1.07. The second kappa shape index (κ2) is 9.38. The minimum absolute atomic E-state index is 1.07. The summed E-state index contributed by atoms with van der Waals surface area (Å²) in [6.07, 6.45) is 6.87. The first-order valence-corrected chi connectivity index (χ1v) is 8.84. The van der Waals surface area contributed by atoms with Crippen LogP contribution in [-0.2, 0) is 11.3 Å². The monoisotopic (exact) mass is 361 g/mol. The molecule has 1 aliphatic rings. The molecule has 0 aromatic carbocycles. The van der Waals surface area contributed by atoms with E-state index in [9.17, 15) is 0 Å². The first-order valence-electron chi connectivity index (χ1n) is 4.18. The summed E-state index contributed by atoms with van der Waals surface area (Å²) >= 11 is 7.38. The Kier molecular flexibility index (Phi) is 9.97. The van der Waals surface area contributed by atoms with Crippen molar-refractivity contribution in [1.29, 1.82) is 0 Å². The van der Waals surface area contributed by atoms with Gasteiger partial charge in [0.25, 0.3) is 0 Å². The van der Waals surface area contributed by atoms with E-state index in [0.717, 1.165) is 6.67 Å². The molecule has 0 saturated carbocycles. The van der Waals surface area contributed by atoms with Gasteiger partial charge in [-0.15, -0.1) is 0 Å². The molecule has 0 amide bonds. The summed E-state index contributed by atoms with van der Waals surface area (Å²) < 4.78 is 0. The number of hydrogen-bond donors (Lipinski definition) is 0. The molecule has 0 radical (unpaired) electrons. The molecular weight excluding hydrogens is 347 g/mol. The fourth-order valence-corrected chi connectivity index (χ4v) is 1.10. The summed E-state index contributed by atoms with van der Waals surface area (Å²) in [5.74, 6) is 0. The Bertz CT molecular complexity index is 144. The molecule has 13 heavy (non-hydrogen) atoms. The predicted octanol–water partition coefficient (Wildman–Crippen LogP) is 3.15. The zero-order chi connectivity index (χ0) is 10.1. The molecule has 2 nitrogen and oxygen atoms in total. The van der Waals surface area contributed by atoms with Crippen molar-refractivity contribution >= 4 is 28.2 Å². The fraction of sp³-hybridized carbons (Fsp3) is 0.750. The summed E-state index contributed by atoms with van der Waals surface area (Å²) in [5.41, 5.74) is 0. The molecule has 0 atom stereocenters. The molecule has 0 aliphatic carbocycles. The van der Waals surface area contributed by atoms with Crippen molar-refractivity contribution in [1.82, 2.24) is 9.80 Å². The molecule has 0 N–H and O–H groups in total. The third-order valence-corrected chi connectivity index (χ3v) is 1.74. The van der Waals surface area contributed by atoms with E-state index in [1.165, 1.54) is 30.7 Å². The van der Waals surface area contributed by atoms with Gasteiger partial charge in [-0.05, 0) is 6.42 Å². The molecule has 0 fully saturated rings. The average molecular weight is 364 g/mol. The number of hydrogen-bond acceptors (Lipinski definition) is 2. The first-order chi connectivity index (χ1) is 6.24. The van der Waals surface area contributed by atoms with Crippen LogP contribution < -0.4 is 0 Å². The van der Waals surface area contributed by atoms with E-state index >= 15 is 0 Å². The van der Waals surface area contributed by atoms with Gasteiger partial charge in [0, 0.05) is 26.0 Å². The molecule has 0 bridgehead atoms. The zero-order valence-electron chi connectivity index (χ0n) is 7.93. The van der Waals surface area contributed by atoms with E-state index in [4.69, 9.17) is 0 Å². The number of nitrogens with zero attached hydrogens (tertiary/aromatic N) is 2. The molecule has 1 aliphatic heterocycles. The molecule has 5 heteroatoms. The Hall–Kier alpha value is 0.819. The fourth-order valence-electron chi connectivity index (χ4n) is 1.10. The van der Waals surface area contributed by atoms with Gasteiger partial charge in [-0.3, -0.25) is 0 Å². The third kappa shape index (κ3) is 7.86. The van der Waals surface area contributed by atoms with Gasteiger partial charge in [-0.2, -0.15) is 0 Å². The van der Waals surface area contributed by atoms with Gasteiger partial charge in [0.1, 0.15) is 0 Å². The Balaban J connectivity index is 0.000000424. The van der Waals surface area contributed by atoms with Crippen LogP contribution in [0.1, 0.15) is 19.8 Å². The van der Waals surface area contributed by atoms with Crippen LogP contribution in [0.2, 0.25) is 0 Å². The number of unbranched alkanes of at least 4 members (excludes halogenated alkanes) is 1. The van der Waals surface area contributed by atoms with Crippen LogP contribution in [-0.4, -0.2) is 30.1 Å². The van der Waals surface area contributed by atoms with Crippen molar-refractivity contribution in [3.05, 3.63) is 12.4 Å². The van der Waals surface area contributed by atoms with E-state index in [0.29, 0.717) is 0 Å². The zero-order valence-corrected chi connectivity index (χ0v) is 12.0. The maximum atomic E-state index is 2.97. The van der Waals surface area contributed by atoms with Gasteiger partial charge in [-0.25, -0.2) is 0 Å². The topological polar surface area (TPSA) is 6.48 Å². The van der Waals surface area contributed by atoms with Crippen LogP contribution in [0.15, 0.2) is 12.4 Å². The molecule has 83 valence electrons. The van der Waals surface area contributed by atoms with Crippen LogP contribution in [0.4, 0.5) is 0 Å². The van der Waals surface area contributed by atoms with Crippen molar-refractivity contribution in [3.63, 3.8) is 0 Å². The van der Waals surface area contributed by atoms with Gasteiger partial charge in [-0.1, -0.05) is 13.3 Å². The molecule has 0 spiro atoms. The van der Waals surface area contributed by atoms with Crippen LogP contribution in [0, 0.1) is 0 Å². The van der Waals surface area contributed by atoms with Crippen molar-refractivity contribution in [3.8, 4) is 0 Å². The van der Waals surface area contributed by atoms with Crippen molar-refractivity contribution < 1.29 is 11.3 Å². The molecule has 0 unspecified atom stereocenters. The Labute approximate surface area is 101 Å². The van der Waals surface area contributed by atoms with E-state index in [-0.39, 0.29) is 0 Å². The predicted molar refractivity (Wildman–Crippen MR) is 61.2 cm³/mol. The summed E-state index contributed by atoms with van der Waals surface area (Å²) in [6.45, 7) is 4.50. The van der Waals surface area contributed by atoms with Crippen molar-refractivity contribution in [2.45, 2.75) is 19.8 Å². The van der Waals surface area contributed by atoms with E-state index < -0.39 is 0 Å². The standard InChI is InChI=1S/C8H16N2.2BrH.Cu/c1-3-4-5-10-7-6-9(2)8-10;;;/h6-7H,3-5,8H2,1-2H3;2*1H;/q;;;+2/p-2. The van der Waals surface area contributed by atoms with Gasteiger partial charge < -0.3 is 9.80 Å². The van der Waals surface area contributed by atoms with Gasteiger partial charge >= 0.3 is 39.6 Å². The second-order valence-corrected chi connectivity index (χ2v) is 7.66. The Morgan fingerprint density at radius 2 is 2.00 bits per heavy atom. The quantitative estimate of drug-likeness (QED) is 0.711. The summed E-state index contributed by atoms with van der Waals surface area (Å²) in [5, 5.41) is 0. The van der Waals surface area contributed by atoms with Crippen LogP contribution in [0.5, 0.6) is 0 Å². The second-order valence-electron chi connectivity index (χ2n) is 2.91. The number of halogens is 2. The van der Waals surface area contributed by atoms with Gasteiger partial charge in [0.05, 0.1) is 6.67 Å². The average Bonchev–Trinajstić information content (AvgIpc) is 2.49. The number of rotatable bonds is 3. The van der Waals surface area contributed by atoms with Crippen LogP contribution >= 0.6 is 28.2 Å². The van der Waals surface area contributed by atoms with Gasteiger partial charge in [0.15, 0.2) is 0 Å². The van der Waals surface area contributed by atoms with Crippen LogP contribution in [0.25, 0.3) is 0 Å². The molecule has 0 aromatic rings.